The molecule has 0 amide bonds. The molecule has 1 fully saturated rings. The van der Waals surface area contributed by atoms with Crippen LogP contribution in [0, 0.1) is 6.92 Å². The van der Waals surface area contributed by atoms with E-state index in [9.17, 15) is 9.90 Å². The molecule has 0 spiro atoms. The van der Waals surface area contributed by atoms with E-state index in [0.29, 0.717) is 31.6 Å². The van der Waals surface area contributed by atoms with E-state index in [1.807, 2.05) is 24.3 Å². The molecule has 4 heteroatoms. The summed E-state index contributed by atoms with van der Waals surface area (Å²) in [5, 5.41) is 10.2. The summed E-state index contributed by atoms with van der Waals surface area (Å²) in [6.07, 6.45) is 3.12. The van der Waals surface area contributed by atoms with Crippen LogP contribution in [0.2, 0.25) is 0 Å². The maximum absolute atomic E-state index is 12.2. The van der Waals surface area contributed by atoms with Crippen LogP contribution in [0.4, 0.5) is 0 Å². The van der Waals surface area contributed by atoms with E-state index in [1.54, 1.807) is 0 Å². The van der Waals surface area contributed by atoms with Gasteiger partial charge in [-0.15, -0.1) is 0 Å². The third-order valence-corrected chi connectivity index (χ3v) is 7.96. The van der Waals surface area contributed by atoms with Gasteiger partial charge in [0, 0.05) is 24.0 Å². The normalized spacial score (nSPS) is 23.1. The van der Waals surface area contributed by atoms with E-state index >= 15 is 0 Å². The molecule has 2 aromatic carbocycles. The molecule has 0 aromatic heterocycles. The number of carbonyl (C=O) groups excluding carboxylic acids is 1. The van der Waals surface area contributed by atoms with Gasteiger partial charge in [-0.2, -0.15) is 0 Å². The number of hydrogen-bond donors (Lipinski definition) is 1. The monoisotopic (exact) mass is 446 g/mol. The number of ether oxygens (including phenoxy) is 2. The second kappa shape index (κ2) is 7.54. The van der Waals surface area contributed by atoms with Crippen molar-refractivity contribution in [3.63, 3.8) is 0 Å². The fraction of sp³-hybridized carbons (Fsp3) is 0.483. The first-order chi connectivity index (χ1) is 15.6. The molecule has 1 saturated heterocycles. The van der Waals surface area contributed by atoms with E-state index < -0.39 is 5.79 Å². The summed E-state index contributed by atoms with van der Waals surface area (Å²) < 4.78 is 12.7. The fourth-order valence-corrected chi connectivity index (χ4v) is 5.79. The number of Topliss-reactive ketones (excluding diaryl/α,β-unsaturated/α-hetero) is 1. The Bertz CT molecular complexity index is 1140. The summed E-state index contributed by atoms with van der Waals surface area (Å²) in [6.45, 7) is 12.5. The van der Waals surface area contributed by atoms with Crippen molar-refractivity contribution in [3.8, 4) is 0 Å². The van der Waals surface area contributed by atoms with Crippen LogP contribution in [0.5, 0.6) is 0 Å². The summed E-state index contributed by atoms with van der Waals surface area (Å²) in [5.41, 5.74) is 7.34. The Morgan fingerprint density at radius 2 is 1.39 bits per heavy atom. The average molecular weight is 447 g/mol. The number of aliphatic hydroxyl groups is 1. The summed E-state index contributed by atoms with van der Waals surface area (Å²) in [4.78, 5) is 12.2. The number of carbonyl (C=O) groups is 1. The molecular weight excluding hydrogens is 412 g/mol. The first-order valence-corrected chi connectivity index (χ1v) is 12.1. The Morgan fingerprint density at radius 1 is 0.818 bits per heavy atom. The van der Waals surface area contributed by atoms with Crippen molar-refractivity contribution in [1.82, 2.24) is 0 Å². The van der Waals surface area contributed by atoms with Crippen LogP contribution in [-0.4, -0.2) is 24.1 Å². The number of fused-ring (bicyclic) bond motifs is 1. The van der Waals surface area contributed by atoms with Gasteiger partial charge in [-0.1, -0.05) is 58.0 Å². The van der Waals surface area contributed by atoms with Gasteiger partial charge in [0.15, 0.2) is 5.78 Å². The Hall–Kier alpha value is -2.43. The molecule has 174 valence electrons. The van der Waals surface area contributed by atoms with E-state index in [4.69, 9.17) is 9.47 Å². The molecule has 2 aliphatic carbocycles. The lowest BCUT2D eigenvalue weighted by molar-refractivity contribution is -0.130. The van der Waals surface area contributed by atoms with Gasteiger partial charge in [-0.25, -0.2) is 0 Å². The highest BCUT2D eigenvalue weighted by Crippen LogP contribution is 2.49. The number of benzene rings is 2. The lowest BCUT2D eigenvalue weighted by Gasteiger charge is -2.43. The largest absolute Gasteiger partial charge is 0.512 e. The second-order valence-corrected chi connectivity index (χ2v) is 11.1. The number of aryl methyl sites for hydroxylation is 1. The van der Waals surface area contributed by atoms with Crippen LogP contribution in [0.15, 0.2) is 42.2 Å². The van der Waals surface area contributed by atoms with Crippen molar-refractivity contribution in [2.45, 2.75) is 76.9 Å². The predicted octanol–water partition coefficient (Wildman–Crippen LogP) is 6.22. The Kier molecular flexibility index (Phi) is 5.11. The number of ketones is 1. The van der Waals surface area contributed by atoms with Crippen LogP contribution in [-0.2, 0) is 30.9 Å². The van der Waals surface area contributed by atoms with E-state index in [0.717, 1.165) is 28.7 Å². The molecule has 0 radical (unpaired) electrons. The predicted molar refractivity (Wildman–Crippen MR) is 129 cm³/mol. The van der Waals surface area contributed by atoms with Gasteiger partial charge in [0.2, 0.25) is 5.79 Å². The summed E-state index contributed by atoms with van der Waals surface area (Å²) >= 11 is 0. The van der Waals surface area contributed by atoms with Crippen molar-refractivity contribution in [2.24, 2.45) is 0 Å². The fourth-order valence-electron chi connectivity index (χ4n) is 5.79. The van der Waals surface area contributed by atoms with Crippen molar-refractivity contribution in [3.05, 3.63) is 75.5 Å². The average Bonchev–Trinajstić information content (AvgIpc) is 3.39. The van der Waals surface area contributed by atoms with Gasteiger partial charge in [0.25, 0.3) is 0 Å². The first kappa shape index (κ1) is 22.4. The minimum Gasteiger partial charge on any atom is -0.512 e. The van der Waals surface area contributed by atoms with Crippen LogP contribution < -0.4 is 0 Å². The third kappa shape index (κ3) is 3.46. The smallest absolute Gasteiger partial charge is 0.222 e. The molecule has 0 atom stereocenters. The van der Waals surface area contributed by atoms with Gasteiger partial charge >= 0.3 is 0 Å². The molecule has 5 rings (SSSR count). The van der Waals surface area contributed by atoms with Gasteiger partial charge in [0.05, 0.1) is 18.8 Å². The summed E-state index contributed by atoms with van der Waals surface area (Å²) in [6, 6.07) is 12.4. The number of rotatable bonds is 3. The number of allylic oxidation sites excluding steroid dienone is 2. The molecule has 1 N–H and O–H groups in total. The third-order valence-electron chi connectivity index (χ3n) is 7.96. The van der Waals surface area contributed by atoms with Gasteiger partial charge in [-0.3, -0.25) is 4.79 Å². The Labute approximate surface area is 196 Å². The molecule has 4 nitrogen and oxygen atoms in total. The van der Waals surface area contributed by atoms with Crippen molar-refractivity contribution < 1.29 is 19.4 Å². The molecule has 3 aliphatic rings. The van der Waals surface area contributed by atoms with E-state index in [2.05, 4.69) is 46.8 Å². The maximum atomic E-state index is 12.2. The standard InChI is InChI=1S/C29H34O4/c1-18-16-22-23(28(4,5)13-12-27(22,2)3)17-21(18)29(32-14-15-33-29)20-8-6-19(7-9-20)26-24(30)10-11-25(26)31/h6-9,16-17,30H,10-15H2,1-5H3. The topological polar surface area (TPSA) is 55.8 Å². The van der Waals surface area contributed by atoms with Crippen molar-refractivity contribution in [2.75, 3.05) is 13.2 Å². The first-order valence-electron chi connectivity index (χ1n) is 12.1. The number of aliphatic hydroxyl groups excluding tert-OH is 1. The highest BCUT2D eigenvalue weighted by Gasteiger charge is 2.45. The lowest BCUT2D eigenvalue weighted by Crippen LogP contribution is -2.36. The molecule has 0 saturated carbocycles. The lowest BCUT2D eigenvalue weighted by atomic mass is 9.62. The Balaban J connectivity index is 1.63. The zero-order chi connectivity index (χ0) is 23.6. The zero-order valence-corrected chi connectivity index (χ0v) is 20.4. The second-order valence-electron chi connectivity index (χ2n) is 11.1. The molecule has 0 bridgehead atoms. The molecular formula is C29H34O4. The van der Waals surface area contributed by atoms with Crippen LogP contribution in [0.3, 0.4) is 0 Å². The van der Waals surface area contributed by atoms with Crippen molar-refractivity contribution in [1.29, 1.82) is 0 Å². The van der Waals surface area contributed by atoms with Crippen LogP contribution >= 0.6 is 0 Å². The van der Waals surface area contributed by atoms with Crippen LogP contribution in [0.1, 0.15) is 86.8 Å². The SMILES string of the molecule is Cc1cc2c(cc1C1(c3ccc(C4=C(O)CCC4=O)cc3)OCCO1)C(C)(C)CCC2(C)C. The van der Waals surface area contributed by atoms with E-state index in [-0.39, 0.29) is 22.4 Å². The molecule has 1 aliphatic heterocycles. The highest BCUT2D eigenvalue weighted by molar-refractivity contribution is 6.23. The quantitative estimate of drug-likeness (QED) is 0.608. The zero-order valence-electron chi connectivity index (χ0n) is 20.4. The van der Waals surface area contributed by atoms with Gasteiger partial charge in [-0.05, 0) is 58.9 Å². The Morgan fingerprint density at radius 3 is 1.94 bits per heavy atom. The van der Waals surface area contributed by atoms with Gasteiger partial charge < -0.3 is 14.6 Å². The minimum absolute atomic E-state index is 0.00120. The highest BCUT2D eigenvalue weighted by atomic mass is 16.7. The van der Waals surface area contributed by atoms with E-state index in [1.165, 1.54) is 17.5 Å². The van der Waals surface area contributed by atoms with Crippen LogP contribution in [0.25, 0.3) is 5.57 Å². The molecule has 1 heterocycles. The minimum atomic E-state index is -0.967. The van der Waals surface area contributed by atoms with Gasteiger partial charge in [0.1, 0.15) is 5.76 Å². The summed E-state index contributed by atoms with van der Waals surface area (Å²) in [5.74, 6) is -0.782. The van der Waals surface area contributed by atoms with Crippen molar-refractivity contribution >= 4 is 11.4 Å². The number of hydrogen-bond acceptors (Lipinski definition) is 4. The molecule has 0 unspecified atom stereocenters. The molecule has 33 heavy (non-hydrogen) atoms. The molecule has 2 aromatic rings. The summed E-state index contributed by atoms with van der Waals surface area (Å²) in [7, 11) is 0. The maximum Gasteiger partial charge on any atom is 0.222 e.